The van der Waals surface area contributed by atoms with E-state index in [1.54, 1.807) is 20.3 Å². The number of carboxylic acids is 1. The van der Waals surface area contributed by atoms with Crippen LogP contribution in [0.1, 0.15) is 79.2 Å². The topological polar surface area (TPSA) is 244 Å². The van der Waals surface area contributed by atoms with Gasteiger partial charge in [0.15, 0.2) is 23.2 Å². The molecule has 2 fully saturated rings. The number of methoxy groups -OCH3 is 2. The number of carboxylic acid groups (broad SMARTS) is 1. The minimum absolute atomic E-state index is 0.142. The molecule has 5 heterocycles. The zero-order chi connectivity index (χ0) is 40.7. The lowest BCUT2D eigenvalue weighted by Gasteiger charge is -2.49. The van der Waals surface area contributed by atoms with Gasteiger partial charge in [-0.2, -0.15) is 0 Å². The lowest BCUT2D eigenvalue weighted by molar-refractivity contribution is -0.329. The molecule has 16 heteroatoms. The number of aliphatic hydroxyl groups excluding tert-OH is 2. The van der Waals surface area contributed by atoms with E-state index in [1.165, 1.54) is 0 Å². The smallest absolute Gasteiger partial charge is 0.317 e. The summed E-state index contributed by atoms with van der Waals surface area (Å²) in [6.45, 7) is 0.334. The van der Waals surface area contributed by atoms with Crippen LogP contribution in [0.2, 0.25) is 0 Å². The fourth-order valence-corrected chi connectivity index (χ4v) is 10.1. The van der Waals surface area contributed by atoms with Crippen molar-refractivity contribution in [3.05, 3.63) is 75.3 Å². The van der Waals surface area contributed by atoms with Gasteiger partial charge in [0, 0.05) is 28.0 Å². The Morgan fingerprint density at radius 1 is 1.00 bits per heavy atom. The molecule has 3 aromatic rings. The molecule has 8 unspecified atom stereocenters. The SMILES string of the molecule is COc1ccc2c(c1OC)OC1c3c(cc4c(c3C3=c5ccccc5=NC3)CCC3(O)C(O4)OC(C(OC(=O)CC(=O)O)C(N)N)C(O)C3O)OC3(CCCCC3)C21. The van der Waals surface area contributed by atoms with Crippen LogP contribution in [-0.2, 0) is 25.5 Å². The van der Waals surface area contributed by atoms with Gasteiger partial charge in [0.25, 0.3) is 0 Å². The molecule has 0 bridgehead atoms. The Bertz CT molecular complexity index is 2290. The summed E-state index contributed by atoms with van der Waals surface area (Å²) in [5.74, 6) is -0.429. The number of ether oxygens (including phenoxy) is 7. The van der Waals surface area contributed by atoms with Gasteiger partial charge in [-0.15, -0.1) is 0 Å². The molecular formula is C42H47N3O13. The second-order valence-electron chi connectivity index (χ2n) is 16.0. The van der Waals surface area contributed by atoms with Crippen molar-refractivity contribution in [3.63, 3.8) is 0 Å². The van der Waals surface area contributed by atoms with Crippen molar-refractivity contribution in [1.82, 2.24) is 0 Å². The molecule has 6 aliphatic rings. The molecule has 0 aromatic heterocycles. The first kappa shape index (κ1) is 38.5. The molecule has 16 nitrogen and oxygen atoms in total. The van der Waals surface area contributed by atoms with Gasteiger partial charge in [0.05, 0.1) is 38.2 Å². The number of carbonyl (C=O) groups is 2. The molecule has 0 radical (unpaired) electrons. The van der Waals surface area contributed by atoms with Crippen molar-refractivity contribution < 1.29 is 63.2 Å². The average Bonchev–Trinajstić information content (AvgIpc) is 3.78. The minimum atomic E-state index is -2.19. The van der Waals surface area contributed by atoms with E-state index < -0.39 is 72.5 Å². The maximum atomic E-state index is 12.5. The first-order valence-corrected chi connectivity index (χ1v) is 19.7. The molecule has 8 N–H and O–H groups in total. The molecule has 1 spiro atoms. The highest BCUT2D eigenvalue weighted by Gasteiger charge is 2.61. The second kappa shape index (κ2) is 14.4. The Labute approximate surface area is 332 Å². The highest BCUT2D eigenvalue weighted by atomic mass is 16.7. The first-order chi connectivity index (χ1) is 27.9. The van der Waals surface area contributed by atoms with E-state index in [4.69, 9.17) is 54.7 Å². The number of aliphatic carboxylic acids is 1. The first-order valence-electron chi connectivity index (χ1n) is 19.7. The van der Waals surface area contributed by atoms with Crippen LogP contribution in [0.5, 0.6) is 28.7 Å². The van der Waals surface area contributed by atoms with E-state index in [2.05, 4.69) is 0 Å². The number of nitrogens with two attached hydrogens (primary N) is 2. The number of fused-ring (bicyclic) bond motifs is 9. The molecule has 58 heavy (non-hydrogen) atoms. The molecule has 8 atom stereocenters. The third-order valence-corrected chi connectivity index (χ3v) is 12.7. The third kappa shape index (κ3) is 5.91. The predicted octanol–water partition coefficient (Wildman–Crippen LogP) is 0.981. The summed E-state index contributed by atoms with van der Waals surface area (Å²) >= 11 is 0. The number of esters is 1. The van der Waals surface area contributed by atoms with Crippen LogP contribution in [0.3, 0.4) is 0 Å². The molecule has 0 amide bonds. The number of hydrogen-bond donors (Lipinski definition) is 6. The summed E-state index contributed by atoms with van der Waals surface area (Å²) in [4.78, 5) is 28.6. The summed E-state index contributed by atoms with van der Waals surface area (Å²) < 4.78 is 44.1. The summed E-state index contributed by atoms with van der Waals surface area (Å²) in [6, 6.07) is 13.5. The van der Waals surface area contributed by atoms with E-state index >= 15 is 0 Å². The molecule has 1 saturated carbocycles. The summed E-state index contributed by atoms with van der Waals surface area (Å²) in [6.07, 6.45) is -7.17. The minimum Gasteiger partial charge on any atom is -0.493 e. The van der Waals surface area contributed by atoms with E-state index in [0.717, 1.165) is 64.9 Å². The molecule has 308 valence electrons. The number of para-hydroxylation sites is 1. The molecule has 1 aliphatic carbocycles. The van der Waals surface area contributed by atoms with Crippen LogP contribution < -0.4 is 45.7 Å². The van der Waals surface area contributed by atoms with E-state index in [1.807, 2.05) is 36.4 Å². The van der Waals surface area contributed by atoms with E-state index in [0.29, 0.717) is 40.9 Å². The number of benzene rings is 3. The van der Waals surface area contributed by atoms with Gasteiger partial charge in [-0.1, -0.05) is 30.7 Å². The normalized spacial score (nSPS) is 29.1. The highest BCUT2D eigenvalue weighted by molar-refractivity contribution is 5.90. The Hall–Kier alpha value is -4.97. The Morgan fingerprint density at radius 3 is 2.50 bits per heavy atom. The van der Waals surface area contributed by atoms with Crippen LogP contribution in [0.15, 0.2) is 47.5 Å². The van der Waals surface area contributed by atoms with Crippen molar-refractivity contribution in [2.75, 3.05) is 20.8 Å². The zero-order valence-electron chi connectivity index (χ0n) is 32.1. The Balaban J connectivity index is 1.22. The number of carbonyl (C=O) groups excluding carboxylic acids is 1. The highest BCUT2D eigenvalue weighted by Crippen LogP contribution is 2.65. The van der Waals surface area contributed by atoms with Crippen LogP contribution in [-0.4, -0.2) is 101 Å². The van der Waals surface area contributed by atoms with Gasteiger partial charge in [0.1, 0.15) is 47.9 Å². The van der Waals surface area contributed by atoms with Gasteiger partial charge in [-0.3, -0.25) is 14.6 Å². The fraction of sp³-hybridized carbons (Fsp3) is 0.500. The summed E-state index contributed by atoms with van der Waals surface area (Å²) in [7, 11) is 3.17. The molecule has 3 aromatic carbocycles. The predicted molar refractivity (Wildman–Crippen MR) is 202 cm³/mol. The quantitative estimate of drug-likeness (QED) is 0.106. The molecular weight excluding hydrogens is 754 g/mol. The standard InChI is InChI=1S/C42H47N3O13/c1-52-24-11-10-21-31-35(56-33(21)34(24)53-2)30-26(58-41(31)13-6-3-7-14-41)16-25-20(29(30)22-18-45-23-9-5-4-8-19(22)23)12-15-42(51)38(50)32(49)36(57-40(42)54-25)37(39(43)44)55-28(48)17-27(46)47/h4-5,8-11,16,31-32,35-40,49-51H,3,6-7,12-15,17-18,43-44H2,1-2H3,(H,46,47). The van der Waals surface area contributed by atoms with Gasteiger partial charge < -0.3 is 65.1 Å². The van der Waals surface area contributed by atoms with Gasteiger partial charge in [-0.05, 0) is 61.8 Å². The fourth-order valence-electron chi connectivity index (χ4n) is 10.1. The van der Waals surface area contributed by atoms with Crippen molar-refractivity contribution in [1.29, 1.82) is 0 Å². The number of nitrogens with zero attached hydrogens (tertiary/aromatic N) is 1. The van der Waals surface area contributed by atoms with Crippen LogP contribution >= 0.6 is 0 Å². The molecule has 5 aliphatic heterocycles. The van der Waals surface area contributed by atoms with Crippen LogP contribution in [0.25, 0.3) is 5.57 Å². The monoisotopic (exact) mass is 801 g/mol. The van der Waals surface area contributed by atoms with Gasteiger partial charge >= 0.3 is 11.9 Å². The number of hydrogen-bond acceptors (Lipinski definition) is 15. The van der Waals surface area contributed by atoms with Crippen LogP contribution in [0, 0.1) is 0 Å². The van der Waals surface area contributed by atoms with Crippen molar-refractivity contribution in [2.45, 2.75) is 111 Å². The number of aliphatic hydroxyl groups is 3. The van der Waals surface area contributed by atoms with E-state index in [-0.39, 0.29) is 18.8 Å². The van der Waals surface area contributed by atoms with Gasteiger partial charge in [-0.25, -0.2) is 0 Å². The average molecular weight is 802 g/mol. The Kier molecular flexibility index (Phi) is 9.56. The molecule has 9 rings (SSSR count). The van der Waals surface area contributed by atoms with Crippen LogP contribution in [0.4, 0.5) is 0 Å². The Morgan fingerprint density at radius 2 is 1.78 bits per heavy atom. The lowest BCUT2D eigenvalue weighted by Crippen LogP contribution is -2.71. The van der Waals surface area contributed by atoms with Crippen molar-refractivity contribution in [3.8, 4) is 28.7 Å². The summed E-state index contributed by atoms with van der Waals surface area (Å²) in [5, 5.41) is 46.2. The zero-order valence-corrected chi connectivity index (χ0v) is 32.1. The largest absolute Gasteiger partial charge is 0.493 e. The van der Waals surface area contributed by atoms with Crippen molar-refractivity contribution >= 4 is 17.5 Å². The summed E-state index contributed by atoms with van der Waals surface area (Å²) in [5.41, 5.74) is 13.2. The maximum Gasteiger partial charge on any atom is 0.317 e. The maximum absolute atomic E-state index is 12.5. The molecule has 1 saturated heterocycles. The lowest BCUT2D eigenvalue weighted by atomic mass is 9.67. The van der Waals surface area contributed by atoms with Gasteiger partial charge in [0.2, 0.25) is 12.0 Å². The van der Waals surface area contributed by atoms with E-state index in [9.17, 15) is 24.9 Å². The second-order valence-corrected chi connectivity index (χ2v) is 16.0. The third-order valence-electron chi connectivity index (χ3n) is 12.7. The number of rotatable bonds is 8. The van der Waals surface area contributed by atoms with Crippen molar-refractivity contribution in [2.24, 2.45) is 16.5 Å².